The van der Waals surface area contributed by atoms with E-state index in [0.29, 0.717) is 33.2 Å². The summed E-state index contributed by atoms with van der Waals surface area (Å²) < 4.78 is 10.4. The average Bonchev–Trinajstić information content (AvgIpc) is 2.59. The maximum absolute atomic E-state index is 12.6. The van der Waals surface area contributed by atoms with E-state index in [0.717, 1.165) is 0 Å². The molecule has 2 aromatic carbocycles. The van der Waals surface area contributed by atoms with Crippen LogP contribution in [-0.2, 0) is 4.79 Å². The molecule has 0 radical (unpaired) electrons. The van der Waals surface area contributed by atoms with Crippen LogP contribution in [0.3, 0.4) is 0 Å². The Morgan fingerprint density at radius 2 is 1.81 bits per heavy atom. The number of rotatable bonds is 7. The molecular weight excluding hydrogens is 358 g/mol. The van der Waals surface area contributed by atoms with Crippen molar-refractivity contribution in [3.63, 3.8) is 0 Å². The third kappa shape index (κ3) is 4.67. The Labute approximate surface area is 156 Å². The summed E-state index contributed by atoms with van der Waals surface area (Å²) in [7, 11) is 3.00. The molecule has 0 heterocycles. The maximum atomic E-state index is 12.6. The van der Waals surface area contributed by atoms with Crippen molar-refractivity contribution in [1.29, 1.82) is 0 Å². The van der Waals surface area contributed by atoms with Crippen molar-refractivity contribution in [2.24, 2.45) is 0 Å². The summed E-state index contributed by atoms with van der Waals surface area (Å²) in [5.74, 6) is -0.430. The van der Waals surface area contributed by atoms with Gasteiger partial charge in [0.15, 0.2) is 11.5 Å². The lowest BCUT2D eigenvalue weighted by atomic mass is 10.0. The van der Waals surface area contributed by atoms with E-state index < -0.39 is 12.0 Å². The fourth-order valence-corrected chi connectivity index (χ4v) is 2.84. The van der Waals surface area contributed by atoms with Crippen molar-refractivity contribution in [2.75, 3.05) is 14.2 Å². The smallest absolute Gasteiger partial charge is 0.305 e. The molecule has 2 rings (SSSR count). The highest BCUT2D eigenvalue weighted by Crippen LogP contribution is 2.31. The van der Waals surface area contributed by atoms with Crippen LogP contribution in [0.25, 0.3) is 0 Å². The fraction of sp³-hybridized carbons (Fsp3) is 0.263. The van der Waals surface area contributed by atoms with Gasteiger partial charge < -0.3 is 19.9 Å². The number of ether oxygens (including phenoxy) is 2. The Balaban J connectivity index is 2.32. The molecule has 0 aliphatic carbocycles. The van der Waals surface area contributed by atoms with Gasteiger partial charge >= 0.3 is 5.97 Å². The average molecular weight is 378 g/mol. The molecular formula is C19H20ClNO5. The van der Waals surface area contributed by atoms with E-state index >= 15 is 0 Å². The molecule has 0 saturated carbocycles. The maximum Gasteiger partial charge on any atom is 0.305 e. The number of methoxy groups -OCH3 is 2. The van der Waals surface area contributed by atoms with Crippen molar-refractivity contribution in [2.45, 2.75) is 19.4 Å². The first-order chi connectivity index (χ1) is 12.3. The minimum absolute atomic E-state index is 0.270. The molecule has 1 atom stereocenters. The van der Waals surface area contributed by atoms with E-state index in [-0.39, 0.29) is 12.3 Å². The molecule has 0 saturated heterocycles. The molecule has 6 nitrogen and oxygen atoms in total. The van der Waals surface area contributed by atoms with E-state index in [1.165, 1.54) is 14.2 Å². The fourth-order valence-electron chi connectivity index (χ4n) is 2.61. The normalized spacial score (nSPS) is 11.5. The van der Waals surface area contributed by atoms with Crippen LogP contribution in [0.5, 0.6) is 11.5 Å². The van der Waals surface area contributed by atoms with Gasteiger partial charge in [-0.3, -0.25) is 9.59 Å². The number of carbonyl (C=O) groups is 2. The molecule has 0 aromatic heterocycles. The first kappa shape index (κ1) is 19.6. The Morgan fingerprint density at radius 3 is 2.38 bits per heavy atom. The second-order valence-electron chi connectivity index (χ2n) is 5.70. The minimum Gasteiger partial charge on any atom is -0.493 e. The van der Waals surface area contributed by atoms with Gasteiger partial charge in [-0.2, -0.15) is 0 Å². The first-order valence-corrected chi connectivity index (χ1v) is 8.24. The molecule has 0 aliphatic heterocycles. The van der Waals surface area contributed by atoms with Gasteiger partial charge in [-0.1, -0.05) is 17.7 Å². The van der Waals surface area contributed by atoms with E-state index in [1.807, 2.05) is 0 Å². The van der Waals surface area contributed by atoms with Crippen LogP contribution in [0.1, 0.15) is 33.9 Å². The lowest BCUT2D eigenvalue weighted by Crippen LogP contribution is -2.30. The third-order valence-corrected chi connectivity index (χ3v) is 4.16. The lowest BCUT2D eigenvalue weighted by molar-refractivity contribution is -0.137. The predicted molar refractivity (Wildman–Crippen MR) is 98.2 cm³/mol. The standard InChI is InChI=1S/C19H20ClNO5/c1-11-8-13(20)5-6-14(11)19(24)21-15(10-18(22)23)12-4-7-16(25-2)17(9-12)26-3/h4-9,15H,10H2,1-3H3,(H,21,24)(H,22,23). The summed E-state index contributed by atoms with van der Waals surface area (Å²) >= 11 is 5.92. The number of halogens is 1. The van der Waals surface area contributed by atoms with Crippen LogP contribution in [-0.4, -0.2) is 31.2 Å². The molecule has 1 unspecified atom stereocenters. The third-order valence-electron chi connectivity index (χ3n) is 3.93. The zero-order valence-electron chi connectivity index (χ0n) is 14.7. The number of aryl methyl sites for hydroxylation is 1. The van der Waals surface area contributed by atoms with E-state index in [9.17, 15) is 14.7 Å². The van der Waals surface area contributed by atoms with Crippen LogP contribution >= 0.6 is 11.6 Å². The quantitative estimate of drug-likeness (QED) is 0.769. The Kier molecular flexibility index (Phi) is 6.46. The van der Waals surface area contributed by atoms with Crippen LogP contribution in [0, 0.1) is 6.92 Å². The number of carbonyl (C=O) groups excluding carboxylic acids is 1. The van der Waals surface area contributed by atoms with Crippen LogP contribution in [0.2, 0.25) is 5.02 Å². The topological polar surface area (TPSA) is 84.9 Å². The number of hydrogen-bond donors (Lipinski definition) is 2. The summed E-state index contributed by atoms with van der Waals surface area (Å²) in [6.45, 7) is 1.77. The number of carboxylic acids is 1. The number of benzene rings is 2. The molecule has 0 fully saturated rings. The SMILES string of the molecule is COc1ccc(C(CC(=O)O)NC(=O)c2ccc(Cl)cc2C)cc1OC. The van der Waals surface area contributed by atoms with Gasteiger partial charge in [0.25, 0.3) is 5.91 Å². The number of hydrogen-bond acceptors (Lipinski definition) is 4. The Hall–Kier alpha value is -2.73. The summed E-state index contributed by atoms with van der Waals surface area (Å²) in [5, 5.41) is 12.5. The van der Waals surface area contributed by atoms with Crippen molar-refractivity contribution in [3.8, 4) is 11.5 Å². The summed E-state index contributed by atoms with van der Waals surface area (Å²) in [6, 6.07) is 9.20. The molecule has 1 amide bonds. The van der Waals surface area contributed by atoms with Gasteiger partial charge in [0, 0.05) is 10.6 Å². The monoisotopic (exact) mass is 377 g/mol. The molecule has 138 valence electrons. The largest absolute Gasteiger partial charge is 0.493 e. The van der Waals surface area contributed by atoms with Gasteiger partial charge in [-0.25, -0.2) is 0 Å². The van der Waals surface area contributed by atoms with Gasteiger partial charge in [0.2, 0.25) is 0 Å². The number of aliphatic carboxylic acids is 1. The molecule has 2 aromatic rings. The van der Waals surface area contributed by atoms with E-state index in [2.05, 4.69) is 5.32 Å². The molecule has 7 heteroatoms. The highest BCUT2D eigenvalue weighted by atomic mass is 35.5. The zero-order valence-corrected chi connectivity index (χ0v) is 15.5. The molecule has 0 bridgehead atoms. The van der Waals surface area contributed by atoms with Gasteiger partial charge in [-0.05, 0) is 48.4 Å². The van der Waals surface area contributed by atoms with Crippen molar-refractivity contribution < 1.29 is 24.2 Å². The van der Waals surface area contributed by atoms with Crippen LogP contribution < -0.4 is 14.8 Å². The van der Waals surface area contributed by atoms with Gasteiger partial charge in [0.1, 0.15) is 0 Å². The second kappa shape index (κ2) is 8.58. The van der Waals surface area contributed by atoms with Gasteiger partial charge in [-0.15, -0.1) is 0 Å². The number of carboxylic acid groups (broad SMARTS) is 1. The van der Waals surface area contributed by atoms with Crippen molar-refractivity contribution in [3.05, 3.63) is 58.1 Å². The molecule has 2 N–H and O–H groups in total. The van der Waals surface area contributed by atoms with Crippen LogP contribution in [0.4, 0.5) is 0 Å². The zero-order chi connectivity index (χ0) is 19.3. The van der Waals surface area contributed by atoms with E-state index in [4.69, 9.17) is 21.1 Å². The Morgan fingerprint density at radius 1 is 1.12 bits per heavy atom. The summed E-state index contributed by atoms with van der Waals surface area (Å²) in [5.41, 5.74) is 1.74. The van der Waals surface area contributed by atoms with Gasteiger partial charge in [0.05, 0.1) is 26.7 Å². The summed E-state index contributed by atoms with van der Waals surface area (Å²) in [6.07, 6.45) is -0.270. The minimum atomic E-state index is -1.03. The van der Waals surface area contributed by atoms with Crippen molar-refractivity contribution >= 4 is 23.5 Å². The highest BCUT2D eigenvalue weighted by Gasteiger charge is 2.21. The lowest BCUT2D eigenvalue weighted by Gasteiger charge is -2.19. The highest BCUT2D eigenvalue weighted by molar-refractivity contribution is 6.30. The first-order valence-electron chi connectivity index (χ1n) is 7.86. The molecule has 0 spiro atoms. The number of nitrogens with one attached hydrogen (secondary N) is 1. The molecule has 26 heavy (non-hydrogen) atoms. The molecule has 0 aliphatic rings. The summed E-state index contributed by atoms with van der Waals surface area (Å²) in [4.78, 5) is 23.9. The van der Waals surface area contributed by atoms with Crippen LogP contribution in [0.15, 0.2) is 36.4 Å². The Bertz CT molecular complexity index is 822. The number of amides is 1. The second-order valence-corrected chi connectivity index (χ2v) is 6.13. The van der Waals surface area contributed by atoms with Crippen molar-refractivity contribution in [1.82, 2.24) is 5.32 Å². The predicted octanol–water partition coefficient (Wildman–Crippen LogP) is 3.61. The van der Waals surface area contributed by atoms with E-state index in [1.54, 1.807) is 43.3 Å².